The molecule has 0 aromatic rings. The van der Waals surface area contributed by atoms with Gasteiger partial charge in [0.2, 0.25) is 0 Å². The van der Waals surface area contributed by atoms with Gasteiger partial charge in [-0.1, -0.05) is 0 Å². The minimum atomic E-state index is -1.77. The standard InChI is InChI=1S/C4H10O2.3ClH.V/c1-2-6-4-3-5;;;;/h5H,2-4H2,1H3;3*1H;/q;;;;+3/p-3. The Morgan fingerprint density at radius 1 is 1.40 bits per heavy atom. The predicted octanol–water partition coefficient (Wildman–Crippen LogP) is 2.08. The summed E-state index contributed by atoms with van der Waals surface area (Å²) >= 11 is -1.77. The van der Waals surface area contributed by atoms with Crippen LogP contribution in [0, 0.1) is 0 Å². The molecule has 0 rings (SSSR count). The fourth-order valence-electron chi connectivity index (χ4n) is 0.209. The van der Waals surface area contributed by atoms with E-state index in [-0.39, 0.29) is 6.61 Å². The molecule has 64 valence electrons. The van der Waals surface area contributed by atoms with Crippen molar-refractivity contribution in [3.8, 4) is 0 Å². The summed E-state index contributed by atoms with van der Waals surface area (Å²) in [6.45, 7) is 3.20. The van der Waals surface area contributed by atoms with Crippen LogP contribution in [-0.2, 0) is 17.0 Å². The molecule has 1 N–H and O–H groups in total. The van der Waals surface area contributed by atoms with Gasteiger partial charge in [-0.15, -0.1) is 0 Å². The Balaban J connectivity index is 0. The van der Waals surface area contributed by atoms with Crippen molar-refractivity contribution >= 4 is 29.5 Å². The molecule has 0 radical (unpaired) electrons. The second kappa shape index (κ2) is 13.0. The molecule has 0 aromatic heterocycles. The van der Waals surface area contributed by atoms with Gasteiger partial charge in [0.25, 0.3) is 0 Å². The number of rotatable bonds is 3. The van der Waals surface area contributed by atoms with Crippen LogP contribution in [0.5, 0.6) is 0 Å². The second-order valence-corrected chi connectivity index (χ2v) is 8.03. The van der Waals surface area contributed by atoms with E-state index < -0.39 is 12.3 Å². The molecule has 6 heteroatoms. The van der Waals surface area contributed by atoms with Crippen LogP contribution in [0.2, 0.25) is 0 Å². The van der Waals surface area contributed by atoms with Crippen LogP contribution in [0.25, 0.3) is 0 Å². The van der Waals surface area contributed by atoms with Gasteiger partial charge in [0.15, 0.2) is 0 Å². The van der Waals surface area contributed by atoms with Crippen LogP contribution in [-0.4, -0.2) is 24.9 Å². The summed E-state index contributed by atoms with van der Waals surface area (Å²) < 4.78 is 4.73. The van der Waals surface area contributed by atoms with Crippen LogP contribution in [0.4, 0.5) is 0 Å². The summed E-state index contributed by atoms with van der Waals surface area (Å²) in [7, 11) is 14.9. The number of hydrogen-bond donors (Lipinski definition) is 1. The summed E-state index contributed by atoms with van der Waals surface area (Å²) in [6, 6.07) is 0. The molecule has 0 heterocycles. The molecule has 0 aliphatic carbocycles. The average molecular weight is 247 g/mol. The fourth-order valence-corrected chi connectivity index (χ4v) is 0.209. The SMILES string of the molecule is CCOCCO.[Cl][V]([Cl])[Cl]. The van der Waals surface area contributed by atoms with E-state index in [1.165, 1.54) is 0 Å². The Hall–Kier alpha value is 1.37. The maximum absolute atomic E-state index is 8.07. The van der Waals surface area contributed by atoms with E-state index in [9.17, 15) is 0 Å². The Morgan fingerprint density at radius 3 is 1.90 bits per heavy atom. The number of aliphatic hydroxyl groups excluding tert-OH is 1. The van der Waals surface area contributed by atoms with Gasteiger partial charge >= 0.3 is 41.8 Å². The maximum atomic E-state index is 8.07. The summed E-state index contributed by atoms with van der Waals surface area (Å²) in [5.74, 6) is 0. The van der Waals surface area contributed by atoms with E-state index in [0.29, 0.717) is 13.2 Å². The molecule has 0 aromatic carbocycles. The van der Waals surface area contributed by atoms with Crippen molar-refractivity contribution in [1.29, 1.82) is 0 Å². The number of aliphatic hydroxyl groups is 1. The Bertz CT molecular complexity index is 49.0. The first-order chi connectivity index (χ1) is 4.65. The molecular weight excluding hydrogens is 237 g/mol. The normalized spacial score (nSPS) is 9.00. The average Bonchev–Trinajstić information content (AvgIpc) is 1.82. The zero-order valence-corrected chi connectivity index (χ0v) is 9.22. The zero-order valence-electron chi connectivity index (χ0n) is 5.56. The molecule has 10 heavy (non-hydrogen) atoms. The van der Waals surface area contributed by atoms with E-state index >= 15 is 0 Å². The van der Waals surface area contributed by atoms with Gasteiger partial charge in [0.1, 0.15) is 0 Å². The Labute approximate surface area is 78.3 Å². The first-order valence-corrected chi connectivity index (χ1v) is 8.37. The van der Waals surface area contributed by atoms with Crippen molar-refractivity contribution in [3.05, 3.63) is 0 Å². The molecule has 0 aliphatic rings. The molecule has 2 nitrogen and oxygen atoms in total. The Kier molecular flexibility index (Phi) is 18.1. The molecule has 0 amide bonds. The first-order valence-electron chi connectivity index (χ1n) is 2.61. The Morgan fingerprint density at radius 2 is 1.80 bits per heavy atom. The molecular formula is C4H10Cl3O2V. The summed E-state index contributed by atoms with van der Waals surface area (Å²) in [4.78, 5) is 0. The topological polar surface area (TPSA) is 29.5 Å². The second-order valence-electron chi connectivity index (χ2n) is 1.11. The van der Waals surface area contributed by atoms with Gasteiger partial charge < -0.3 is 9.84 Å². The third-order valence-electron chi connectivity index (χ3n) is 0.440. The molecule has 0 saturated carbocycles. The van der Waals surface area contributed by atoms with Crippen LogP contribution in [0.1, 0.15) is 6.92 Å². The van der Waals surface area contributed by atoms with Gasteiger partial charge in [0.05, 0.1) is 13.2 Å². The first kappa shape index (κ1) is 13.9. The van der Waals surface area contributed by atoms with E-state index in [1.54, 1.807) is 0 Å². The quantitative estimate of drug-likeness (QED) is 0.774. The van der Waals surface area contributed by atoms with Crippen LogP contribution in [0.3, 0.4) is 0 Å². The number of ether oxygens (including phenoxy) is 1. The van der Waals surface area contributed by atoms with Crippen molar-refractivity contribution in [2.45, 2.75) is 6.92 Å². The van der Waals surface area contributed by atoms with Crippen LogP contribution in [0.15, 0.2) is 0 Å². The number of halogens is 3. The molecule has 0 spiro atoms. The summed E-state index contributed by atoms with van der Waals surface area (Å²) in [6.07, 6.45) is 0. The third-order valence-corrected chi connectivity index (χ3v) is 0.440. The van der Waals surface area contributed by atoms with Gasteiger partial charge in [0, 0.05) is 6.61 Å². The van der Waals surface area contributed by atoms with Gasteiger partial charge in [-0.2, -0.15) is 0 Å². The van der Waals surface area contributed by atoms with Crippen molar-refractivity contribution in [2.24, 2.45) is 0 Å². The molecule has 0 unspecified atom stereocenters. The van der Waals surface area contributed by atoms with Crippen LogP contribution < -0.4 is 0 Å². The predicted molar refractivity (Wildman–Crippen MR) is 41.1 cm³/mol. The van der Waals surface area contributed by atoms with Crippen molar-refractivity contribution < 1.29 is 22.1 Å². The molecule has 0 atom stereocenters. The summed E-state index contributed by atoms with van der Waals surface area (Å²) in [5, 5.41) is 8.07. The van der Waals surface area contributed by atoms with E-state index in [4.69, 9.17) is 39.4 Å². The molecule has 0 aliphatic heterocycles. The minimum absolute atomic E-state index is 0.133. The van der Waals surface area contributed by atoms with Crippen LogP contribution >= 0.6 is 29.5 Å². The zero-order chi connectivity index (χ0) is 8.41. The van der Waals surface area contributed by atoms with Crippen molar-refractivity contribution in [3.63, 3.8) is 0 Å². The van der Waals surface area contributed by atoms with Gasteiger partial charge in [-0.05, 0) is 6.92 Å². The van der Waals surface area contributed by atoms with Gasteiger partial charge in [-0.25, -0.2) is 0 Å². The van der Waals surface area contributed by atoms with Crippen molar-refractivity contribution in [1.82, 2.24) is 0 Å². The van der Waals surface area contributed by atoms with Gasteiger partial charge in [-0.3, -0.25) is 0 Å². The molecule has 0 saturated heterocycles. The summed E-state index contributed by atoms with van der Waals surface area (Å²) in [5.41, 5.74) is 0. The third kappa shape index (κ3) is 34.4. The fraction of sp³-hybridized carbons (Fsp3) is 1.00. The molecule has 0 bridgehead atoms. The van der Waals surface area contributed by atoms with Crippen molar-refractivity contribution in [2.75, 3.05) is 19.8 Å². The van der Waals surface area contributed by atoms with E-state index in [1.807, 2.05) is 6.92 Å². The van der Waals surface area contributed by atoms with E-state index in [0.717, 1.165) is 0 Å². The molecule has 0 fully saturated rings. The number of hydrogen-bond acceptors (Lipinski definition) is 2. The van der Waals surface area contributed by atoms with E-state index in [2.05, 4.69) is 0 Å². The monoisotopic (exact) mass is 246 g/mol.